The monoisotopic (exact) mass is 759 g/mol. The van der Waals surface area contributed by atoms with Crippen LogP contribution in [0.3, 0.4) is 0 Å². The first kappa shape index (κ1) is 38.1. The normalized spacial score (nSPS) is 30.4. The lowest BCUT2D eigenvalue weighted by Gasteiger charge is -2.31. The minimum atomic E-state index is -4.40. The summed E-state index contributed by atoms with van der Waals surface area (Å²) in [6.45, 7) is 2.47. The second-order valence-electron chi connectivity index (χ2n) is 14.7. The van der Waals surface area contributed by atoms with Gasteiger partial charge in [0, 0.05) is 23.1 Å². The number of aromatic nitrogens is 1. The average Bonchev–Trinajstić information content (AvgIpc) is 4.03. The SMILES string of the molecule is COc1ccc2c(O[C@@H]3C[C@H]4C(=O)N[C@]5(C(=O)NS(=O)(=O)C6(CF)CC6)C[C@H]5/C=C\[C@H](C)CCC[C@@H](C)[C@H](NC(=O)O)C(=O)N4C3)ncc(OC)c2c1. The summed E-state index contributed by atoms with van der Waals surface area (Å²) in [6.07, 6.45) is 4.98. The number of fused-ring (bicyclic) bond motifs is 3. The molecule has 7 atom stereocenters. The van der Waals surface area contributed by atoms with Gasteiger partial charge in [-0.25, -0.2) is 22.6 Å². The summed E-state index contributed by atoms with van der Waals surface area (Å²) in [5.74, 6) is -2.13. The number of alkyl halides is 1. The molecule has 1 aromatic carbocycles. The predicted octanol–water partition coefficient (Wildman–Crippen LogP) is 3.07. The topological polar surface area (TPSA) is 203 Å². The molecule has 1 saturated heterocycles. The van der Waals surface area contributed by atoms with Crippen molar-refractivity contribution in [1.29, 1.82) is 0 Å². The lowest BCUT2D eigenvalue weighted by Crippen LogP contribution is -2.59. The Hall–Kier alpha value is -4.67. The molecular weight excluding hydrogens is 713 g/mol. The van der Waals surface area contributed by atoms with Gasteiger partial charge in [0.15, 0.2) is 0 Å². The third-order valence-electron chi connectivity index (χ3n) is 11.1. The van der Waals surface area contributed by atoms with E-state index in [1.165, 1.54) is 25.3 Å². The molecule has 0 unspecified atom stereocenters. The Kier molecular flexibility index (Phi) is 10.5. The Labute approximate surface area is 307 Å². The Balaban J connectivity index is 1.34. The summed E-state index contributed by atoms with van der Waals surface area (Å²) < 4.78 is 57.6. The number of ether oxygens (including phenoxy) is 3. The molecule has 4 aliphatic rings. The first-order chi connectivity index (χ1) is 25.2. The molecule has 4 N–H and O–H groups in total. The van der Waals surface area contributed by atoms with Gasteiger partial charge in [0.1, 0.15) is 46.6 Å². The molecule has 2 saturated carbocycles. The molecule has 288 valence electrons. The van der Waals surface area contributed by atoms with E-state index in [9.17, 15) is 37.1 Å². The van der Waals surface area contributed by atoms with Crippen molar-refractivity contribution in [3.05, 3.63) is 36.5 Å². The number of methoxy groups -OCH3 is 2. The van der Waals surface area contributed by atoms with E-state index in [0.29, 0.717) is 41.5 Å². The number of carboxylic acid groups (broad SMARTS) is 1. The summed E-state index contributed by atoms with van der Waals surface area (Å²) >= 11 is 0. The van der Waals surface area contributed by atoms with Gasteiger partial charge in [0.2, 0.25) is 27.7 Å². The van der Waals surface area contributed by atoms with E-state index >= 15 is 0 Å². The van der Waals surface area contributed by atoms with Gasteiger partial charge in [-0.15, -0.1) is 0 Å². The van der Waals surface area contributed by atoms with Crippen LogP contribution in [-0.4, -0.2) is 103 Å². The van der Waals surface area contributed by atoms with Crippen molar-refractivity contribution in [2.75, 3.05) is 27.4 Å². The van der Waals surface area contributed by atoms with Crippen molar-refractivity contribution >= 4 is 44.6 Å². The summed E-state index contributed by atoms with van der Waals surface area (Å²) in [4.78, 5) is 60.1. The van der Waals surface area contributed by atoms with Crippen LogP contribution in [0.25, 0.3) is 10.8 Å². The highest BCUT2D eigenvalue weighted by Crippen LogP contribution is 2.48. The molecule has 0 spiro atoms. The van der Waals surface area contributed by atoms with Gasteiger partial charge in [0.05, 0.1) is 27.0 Å². The summed E-state index contributed by atoms with van der Waals surface area (Å²) in [6, 6.07) is 2.79. The van der Waals surface area contributed by atoms with Crippen molar-refractivity contribution in [2.24, 2.45) is 17.8 Å². The van der Waals surface area contributed by atoms with Crippen LogP contribution >= 0.6 is 0 Å². The molecule has 3 fully saturated rings. The van der Waals surface area contributed by atoms with Crippen LogP contribution in [0, 0.1) is 17.8 Å². The van der Waals surface area contributed by atoms with Crippen LogP contribution in [0.4, 0.5) is 9.18 Å². The van der Waals surface area contributed by atoms with E-state index in [1.807, 2.05) is 13.0 Å². The van der Waals surface area contributed by atoms with Gasteiger partial charge in [-0.1, -0.05) is 32.4 Å². The molecule has 53 heavy (non-hydrogen) atoms. The number of benzene rings is 1. The molecule has 6 rings (SSSR count). The van der Waals surface area contributed by atoms with E-state index in [1.54, 1.807) is 31.2 Å². The van der Waals surface area contributed by atoms with E-state index in [2.05, 4.69) is 20.3 Å². The number of carbonyl (C=O) groups excluding carboxylic acids is 3. The summed E-state index contributed by atoms with van der Waals surface area (Å²) in [5, 5.41) is 16.1. The van der Waals surface area contributed by atoms with Crippen molar-refractivity contribution in [2.45, 2.75) is 87.3 Å². The molecule has 2 aliphatic carbocycles. The van der Waals surface area contributed by atoms with Crippen molar-refractivity contribution in [1.82, 2.24) is 25.2 Å². The lowest BCUT2D eigenvalue weighted by atomic mass is 9.92. The van der Waals surface area contributed by atoms with Gasteiger partial charge in [-0.05, 0) is 62.1 Å². The van der Waals surface area contributed by atoms with Gasteiger partial charge >= 0.3 is 6.09 Å². The number of pyridine rings is 1. The zero-order valence-corrected chi connectivity index (χ0v) is 30.9. The van der Waals surface area contributed by atoms with Crippen LogP contribution in [0.15, 0.2) is 36.5 Å². The van der Waals surface area contributed by atoms with Crippen LogP contribution < -0.4 is 29.6 Å². The molecule has 0 bridgehead atoms. The summed E-state index contributed by atoms with van der Waals surface area (Å²) in [5.41, 5.74) is -1.68. The molecule has 1 aromatic heterocycles. The first-order valence-corrected chi connectivity index (χ1v) is 19.3. The predicted molar refractivity (Wildman–Crippen MR) is 190 cm³/mol. The Morgan fingerprint density at radius 3 is 2.53 bits per heavy atom. The third-order valence-corrected chi connectivity index (χ3v) is 13.2. The first-order valence-electron chi connectivity index (χ1n) is 17.8. The van der Waals surface area contributed by atoms with Crippen molar-refractivity contribution in [3.63, 3.8) is 0 Å². The number of nitrogens with zero attached hydrogens (tertiary/aromatic N) is 2. The van der Waals surface area contributed by atoms with E-state index in [-0.39, 0.29) is 44.0 Å². The van der Waals surface area contributed by atoms with Gasteiger partial charge in [0.25, 0.3) is 5.91 Å². The second kappa shape index (κ2) is 14.6. The summed E-state index contributed by atoms with van der Waals surface area (Å²) in [7, 11) is -1.37. The fourth-order valence-electron chi connectivity index (χ4n) is 7.41. The number of nitrogens with one attached hydrogen (secondary N) is 3. The Morgan fingerprint density at radius 2 is 1.87 bits per heavy atom. The number of sulfonamides is 1. The van der Waals surface area contributed by atoms with E-state index < -0.39 is 80.8 Å². The third kappa shape index (κ3) is 7.44. The molecule has 2 aromatic rings. The highest BCUT2D eigenvalue weighted by atomic mass is 32.2. The van der Waals surface area contributed by atoms with E-state index in [0.717, 1.165) is 0 Å². The average molecular weight is 760 g/mol. The Morgan fingerprint density at radius 1 is 1.11 bits per heavy atom. The lowest BCUT2D eigenvalue weighted by molar-refractivity contribution is -0.142. The van der Waals surface area contributed by atoms with Crippen molar-refractivity contribution < 1.29 is 51.3 Å². The minimum absolute atomic E-state index is 0.0285. The van der Waals surface area contributed by atoms with Gasteiger partial charge in [-0.2, -0.15) is 0 Å². The number of hydrogen-bond donors (Lipinski definition) is 4. The molecular formula is C36H46FN5O10S. The quantitative estimate of drug-likeness (QED) is 0.274. The maximum Gasteiger partial charge on any atom is 0.405 e. The molecule has 4 amide bonds. The van der Waals surface area contributed by atoms with Crippen molar-refractivity contribution in [3.8, 4) is 17.4 Å². The number of halogens is 1. The number of carbonyl (C=O) groups is 4. The molecule has 2 aliphatic heterocycles. The minimum Gasteiger partial charge on any atom is -0.497 e. The van der Waals surface area contributed by atoms with Gasteiger partial charge < -0.3 is 34.9 Å². The molecule has 0 radical (unpaired) electrons. The maximum absolute atomic E-state index is 14.3. The zero-order valence-electron chi connectivity index (χ0n) is 30.1. The largest absolute Gasteiger partial charge is 0.497 e. The number of allylic oxidation sites excluding steroid dienone is 1. The van der Waals surface area contributed by atoms with Crippen LogP contribution in [0.5, 0.6) is 17.4 Å². The smallest absolute Gasteiger partial charge is 0.405 e. The number of hydrogen-bond acceptors (Lipinski definition) is 10. The van der Waals surface area contributed by atoms with Gasteiger partial charge in [-0.3, -0.25) is 19.1 Å². The fourth-order valence-corrected chi connectivity index (χ4v) is 8.84. The number of amides is 4. The van der Waals surface area contributed by atoms with Crippen LogP contribution in [0.2, 0.25) is 0 Å². The maximum atomic E-state index is 14.3. The van der Waals surface area contributed by atoms with Crippen LogP contribution in [-0.2, 0) is 24.4 Å². The van der Waals surface area contributed by atoms with E-state index in [4.69, 9.17) is 14.2 Å². The van der Waals surface area contributed by atoms with Crippen LogP contribution in [0.1, 0.15) is 58.8 Å². The molecule has 17 heteroatoms. The second-order valence-corrected chi connectivity index (χ2v) is 16.8. The highest BCUT2D eigenvalue weighted by molar-refractivity contribution is 7.91. The molecule has 3 heterocycles. The standard InChI is InChI=1S/C36H46FN5O10S/c1-20-6-5-7-21(2)29(39-34(46)47)32(44)42-18-24(52-31-25-11-10-23(50-3)14-26(25)28(51-4)17-38-31)15-27(42)30(43)40-36(16-22(36)9-8-20)33(45)41-53(48,49)35(19-37)12-13-35/h8-11,14,17,20-22,24,27,29,39H,5-7,12-13,15-16,18-19H2,1-4H3,(H,40,43)(H,41,45)(H,46,47)/b9-8-/t20-,21-,22-,24-,27+,29+,36-/m1/s1. The Bertz CT molecular complexity index is 1920. The number of rotatable bonds is 9. The highest BCUT2D eigenvalue weighted by Gasteiger charge is 2.64. The zero-order chi connectivity index (χ0) is 38.3. The molecule has 15 nitrogen and oxygen atoms in total. The fraction of sp³-hybridized carbons (Fsp3) is 0.583.